The molecule has 1 heterocycles. The number of amides is 2. The Labute approximate surface area is 211 Å². The molecule has 9 nitrogen and oxygen atoms in total. The summed E-state index contributed by atoms with van der Waals surface area (Å²) in [6.45, 7) is 4.42. The lowest BCUT2D eigenvalue weighted by molar-refractivity contribution is -0.151. The van der Waals surface area contributed by atoms with Gasteiger partial charge in [0.1, 0.15) is 36.2 Å². The highest BCUT2D eigenvalue weighted by Gasteiger charge is 2.37. The first kappa shape index (κ1) is 29.4. The number of hydrogen-bond donors (Lipinski definition) is 4. The van der Waals surface area contributed by atoms with Crippen molar-refractivity contribution in [2.24, 2.45) is 5.92 Å². The summed E-state index contributed by atoms with van der Waals surface area (Å²) in [7, 11) is 1.18. The Morgan fingerprint density at radius 3 is 2.64 bits per heavy atom. The first-order chi connectivity index (χ1) is 17.1. The Morgan fingerprint density at radius 2 is 2.03 bits per heavy atom. The van der Waals surface area contributed by atoms with E-state index in [-0.39, 0.29) is 23.9 Å². The van der Waals surface area contributed by atoms with Crippen molar-refractivity contribution in [1.82, 2.24) is 10.2 Å². The molecule has 2 rings (SSSR count). The number of aliphatic hydroxyl groups excluding tert-OH is 3. The van der Waals surface area contributed by atoms with Gasteiger partial charge in [-0.1, -0.05) is 38.5 Å². The summed E-state index contributed by atoms with van der Waals surface area (Å²) in [5, 5.41) is 42.6. The molecule has 198 valence electrons. The number of ether oxygens (including phenoxy) is 1. The Balaban J connectivity index is 2.07. The van der Waals surface area contributed by atoms with E-state index in [4.69, 9.17) is 10.00 Å². The van der Waals surface area contributed by atoms with Crippen molar-refractivity contribution in [3.05, 3.63) is 47.3 Å². The monoisotopic (exact) mass is 505 g/mol. The van der Waals surface area contributed by atoms with Crippen molar-refractivity contribution >= 4 is 11.8 Å². The molecule has 36 heavy (non-hydrogen) atoms. The van der Waals surface area contributed by atoms with Gasteiger partial charge in [-0.3, -0.25) is 9.59 Å². The highest BCUT2D eigenvalue weighted by molar-refractivity contribution is 5.89. The number of carbonyl (C=O) groups excluding carboxylic acids is 2. The van der Waals surface area contributed by atoms with Crippen LogP contribution in [0.1, 0.15) is 50.7 Å². The number of aliphatic hydroxyl groups is 3. The molecule has 1 fully saturated rings. The average molecular weight is 506 g/mol. The molecule has 6 atom stereocenters. The molecule has 1 aromatic carbocycles. The second kappa shape index (κ2) is 14.0. The van der Waals surface area contributed by atoms with Crippen LogP contribution in [0.15, 0.2) is 30.4 Å². The van der Waals surface area contributed by atoms with Gasteiger partial charge in [0.15, 0.2) is 6.10 Å². The molecule has 0 aromatic heterocycles. The predicted octanol–water partition coefficient (Wildman–Crippen LogP) is 1.39. The van der Waals surface area contributed by atoms with Crippen LogP contribution in [0.3, 0.4) is 0 Å². The molecule has 0 bridgehead atoms. The van der Waals surface area contributed by atoms with Gasteiger partial charge in [-0.15, -0.1) is 0 Å². The lowest BCUT2D eigenvalue weighted by Gasteiger charge is -2.29. The average Bonchev–Trinajstić information content (AvgIpc) is 3.03. The molecule has 2 amide bonds. The Hall–Kier alpha value is -2.84. The van der Waals surface area contributed by atoms with E-state index in [2.05, 4.69) is 5.32 Å². The molecule has 1 unspecified atom stereocenters. The SMILES string of the molecule is CCC(C)/C=C/[C@@H](O)[C@H](O)[C@@H](O)[C@@H](OC)C(=O)N[C@H]1CCCCN(Cc2ccc(C#N)c(F)c2)C1=O. The highest BCUT2D eigenvalue weighted by Crippen LogP contribution is 2.18. The summed E-state index contributed by atoms with van der Waals surface area (Å²) in [5.74, 6) is -1.67. The Kier molecular flexibility index (Phi) is 11.5. The summed E-state index contributed by atoms with van der Waals surface area (Å²) in [6, 6.07) is 5.00. The molecule has 1 saturated heterocycles. The molecule has 4 N–H and O–H groups in total. The lowest BCUT2D eigenvalue weighted by atomic mass is 9.99. The van der Waals surface area contributed by atoms with Crippen molar-refractivity contribution in [2.45, 2.75) is 76.5 Å². The second-order valence-corrected chi connectivity index (χ2v) is 9.14. The van der Waals surface area contributed by atoms with Crippen LogP contribution in [0.4, 0.5) is 4.39 Å². The summed E-state index contributed by atoms with van der Waals surface area (Å²) in [4.78, 5) is 27.6. The molecule has 1 aromatic rings. The van der Waals surface area contributed by atoms with Crippen molar-refractivity contribution in [1.29, 1.82) is 5.26 Å². The lowest BCUT2D eigenvalue weighted by Crippen LogP contribution is -2.55. The van der Waals surface area contributed by atoms with Crippen LogP contribution in [0, 0.1) is 23.1 Å². The van der Waals surface area contributed by atoms with Crippen molar-refractivity contribution in [3.8, 4) is 6.07 Å². The summed E-state index contributed by atoms with van der Waals surface area (Å²) >= 11 is 0. The summed E-state index contributed by atoms with van der Waals surface area (Å²) < 4.78 is 19.1. The molecular formula is C26H36FN3O6. The number of nitrogens with zero attached hydrogens (tertiary/aromatic N) is 2. The third-order valence-corrected chi connectivity index (χ3v) is 6.43. The number of rotatable bonds is 11. The van der Waals surface area contributed by atoms with Gasteiger partial charge in [-0.05, 0) is 42.9 Å². The normalized spacial score (nSPS) is 20.8. The number of carbonyl (C=O) groups is 2. The number of likely N-dealkylation sites (tertiary alicyclic amines) is 1. The maximum atomic E-state index is 14.0. The van der Waals surface area contributed by atoms with Gasteiger partial charge < -0.3 is 30.3 Å². The van der Waals surface area contributed by atoms with Crippen LogP contribution < -0.4 is 5.32 Å². The fraction of sp³-hybridized carbons (Fsp3) is 0.577. The third kappa shape index (κ3) is 7.83. The molecule has 0 saturated carbocycles. The molecule has 0 radical (unpaired) electrons. The van der Waals surface area contributed by atoms with E-state index in [1.54, 1.807) is 18.2 Å². The minimum atomic E-state index is -1.75. The number of benzene rings is 1. The largest absolute Gasteiger partial charge is 0.387 e. The number of methoxy groups -OCH3 is 1. The van der Waals surface area contributed by atoms with E-state index >= 15 is 0 Å². The highest BCUT2D eigenvalue weighted by atomic mass is 19.1. The van der Waals surface area contributed by atoms with Gasteiger partial charge in [-0.2, -0.15) is 5.26 Å². The zero-order valence-electron chi connectivity index (χ0n) is 20.9. The maximum absolute atomic E-state index is 14.0. The number of nitriles is 1. The number of allylic oxidation sites excluding steroid dienone is 1. The smallest absolute Gasteiger partial charge is 0.252 e. The Bertz CT molecular complexity index is 965. The summed E-state index contributed by atoms with van der Waals surface area (Å²) in [5.41, 5.74) is 0.428. The molecule has 1 aliphatic heterocycles. The van der Waals surface area contributed by atoms with Crippen LogP contribution in [-0.4, -0.2) is 76.1 Å². The van der Waals surface area contributed by atoms with Crippen LogP contribution in [0.5, 0.6) is 0 Å². The zero-order valence-corrected chi connectivity index (χ0v) is 20.9. The van der Waals surface area contributed by atoms with Gasteiger partial charge in [0.2, 0.25) is 5.91 Å². The second-order valence-electron chi connectivity index (χ2n) is 9.14. The van der Waals surface area contributed by atoms with Crippen molar-refractivity contribution < 1.29 is 34.0 Å². The van der Waals surface area contributed by atoms with E-state index in [0.29, 0.717) is 31.4 Å². The van der Waals surface area contributed by atoms with Crippen molar-refractivity contribution in [3.63, 3.8) is 0 Å². The number of hydrogen-bond acceptors (Lipinski definition) is 7. The first-order valence-electron chi connectivity index (χ1n) is 12.2. The van der Waals surface area contributed by atoms with Gasteiger partial charge in [0, 0.05) is 20.2 Å². The maximum Gasteiger partial charge on any atom is 0.252 e. The number of nitrogens with one attached hydrogen (secondary N) is 1. The quantitative estimate of drug-likeness (QED) is 0.333. The van der Waals surface area contributed by atoms with Crippen molar-refractivity contribution in [2.75, 3.05) is 13.7 Å². The minimum absolute atomic E-state index is 0.0853. The standard InChI is InChI=1S/C26H36FN3O6/c1-4-16(2)8-11-21(31)22(32)23(33)24(36-3)25(34)29-20-7-5-6-12-30(26(20)35)15-17-9-10-18(14-28)19(27)13-17/h8-11,13,16,20-24,31-33H,4-7,12,15H2,1-3H3,(H,29,34)/b11-8+/t16?,20-,21+,22-,23+,24+/m0/s1. The molecule has 0 spiro atoms. The minimum Gasteiger partial charge on any atom is -0.387 e. The Morgan fingerprint density at radius 1 is 1.31 bits per heavy atom. The van der Waals surface area contributed by atoms with E-state index < -0.39 is 42.2 Å². The van der Waals surface area contributed by atoms with E-state index in [0.717, 1.165) is 6.42 Å². The molecular weight excluding hydrogens is 469 g/mol. The van der Waals surface area contributed by atoms with Gasteiger partial charge in [0.05, 0.1) is 5.56 Å². The zero-order chi connectivity index (χ0) is 26.8. The fourth-order valence-electron chi connectivity index (χ4n) is 3.95. The predicted molar refractivity (Wildman–Crippen MR) is 130 cm³/mol. The van der Waals surface area contributed by atoms with Crippen LogP contribution in [0.2, 0.25) is 0 Å². The first-order valence-corrected chi connectivity index (χ1v) is 12.2. The number of halogens is 1. The van der Waals surface area contributed by atoms with Gasteiger partial charge >= 0.3 is 0 Å². The topological polar surface area (TPSA) is 143 Å². The molecule has 0 aliphatic carbocycles. The van der Waals surface area contributed by atoms with Crippen LogP contribution in [0.25, 0.3) is 0 Å². The van der Waals surface area contributed by atoms with Gasteiger partial charge in [-0.25, -0.2) is 4.39 Å². The van der Waals surface area contributed by atoms with E-state index in [9.17, 15) is 29.3 Å². The van der Waals surface area contributed by atoms with Crippen LogP contribution in [-0.2, 0) is 20.9 Å². The third-order valence-electron chi connectivity index (χ3n) is 6.43. The fourth-order valence-corrected chi connectivity index (χ4v) is 3.95. The van der Waals surface area contributed by atoms with E-state index in [1.165, 1.54) is 30.2 Å². The van der Waals surface area contributed by atoms with Crippen LogP contribution >= 0.6 is 0 Å². The summed E-state index contributed by atoms with van der Waals surface area (Å²) in [6.07, 6.45) is -0.774. The molecule has 1 aliphatic rings. The van der Waals surface area contributed by atoms with Gasteiger partial charge in [0.25, 0.3) is 5.91 Å². The van der Waals surface area contributed by atoms with E-state index in [1.807, 2.05) is 13.8 Å². The molecule has 10 heteroatoms.